The molecule has 3 heterocycles. The SMILES string of the molecule is Oc1cc(O)cc(Nc2cccc(Nc3ccc(/C=N/Nc4ncc(F)c(N5CCOCC5)n4)nc3)c2)c1. The van der Waals surface area contributed by atoms with Crippen molar-refractivity contribution in [2.45, 2.75) is 0 Å². The maximum atomic E-state index is 14.2. The number of ether oxygens (including phenoxy) is 1. The van der Waals surface area contributed by atoms with Gasteiger partial charge in [-0.15, -0.1) is 0 Å². The Hall–Kier alpha value is -4.97. The monoisotopic (exact) mass is 516 g/mol. The quantitative estimate of drug-likeness (QED) is 0.171. The van der Waals surface area contributed by atoms with Gasteiger partial charge in [-0.3, -0.25) is 4.98 Å². The molecule has 194 valence electrons. The van der Waals surface area contributed by atoms with Gasteiger partial charge < -0.3 is 30.5 Å². The maximum absolute atomic E-state index is 14.2. The summed E-state index contributed by atoms with van der Waals surface area (Å²) in [5.74, 6) is -0.166. The Morgan fingerprint density at radius 2 is 1.61 bits per heavy atom. The summed E-state index contributed by atoms with van der Waals surface area (Å²) in [6.07, 6.45) is 4.30. The van der Waals surface area contributed by atoms with Crippen LogP contribution in [0.25, 0.3) is 0 Å². The molecule has 5 N–H and O–H groups in total. The summed E-state index contributed by atoms with van der Waals surface area (Å²) >= 11 is 0. The Labute approximate surface area is 217 Å². The van der Waals surface area contributed by atoms with Crippen molar-refractivity contribution in [3.8, 4) is 11.5 Å². The molecule has 1 saturated heterocycles. The number of hydrogen-bond acceptors (Lipinski definition) is 11. The van der Waals surface area contributed by atoms with E-state index >= 15 is 0 Å². The number of benzene rings is 2. The number of aromatic hydroxyl groups is 2. The Kier molecular flexibility index (Phi) is 7.41. The number of pyridine rings is 1. The van der Waals surface area contributed by atoms with Crippen molar-refractivity contribution in [1.82, 2.24) is 15.0 Å². The zero-order valence-electron chi connectivity index (χ0n) is 20.2. The summed E-state index contributed by atoms with van der Waals surface area (Å²) in [5.41, 5.74) is 6.21. The number of halogens is 1. The number of hydrazone groups is 1. The van der Waals surface area contributed by atoms with E-state index in [0.717, 1.165) is 23.3 Å². The van der Waals surface area contributed by atoms with Crippen molar-refractivity contribution in [2.75, 3.05) is 47.3 Å². The standard InChI is InChI=1S/C26H25FN8O3/c27-24-16-29-26(33-25(24)35-6-8-38-9-7-35)34-30-15-19-4-5-20(14-28-19)31-17-2-1-3-18(10-17)32-21-11-22(36)13-23(37)12-21/h1-5,10-16,31-32,36-37H,6-9H2,(H,29,33,34)/b30-15+. The minimum Gasteiger partial charge on any atom is -0.508 e. The van der Waals surface area contributed by atoms with E-state index in [2.05, 4.69) is 36.1 Å². The average Bonchev–Trinajstić information content (AvgIpc) is 2.91. The van der Waals surface area contributed by atoms with Gasteiger partial charge in [-0.1, -0.05) is 6.07 Å². The van der Waals surface area contributed by atoms with Crippen molar-refractivity contribution < 1.29 is 19.3 Å². The van der Waals surface area contributed by atoms with Gasteiger partial charge in [0.15, 0.2) is 11.6 Å². The number of phenolic OH excluding ortho intramolecular Hbond substituents is 2. The van der Waals surface area contributed by atoms with Crippen LogP contribution >= 0.6 is 0 Å². The molecule has 0 atom stereocenters. The van der Waals surface area contributed by atoms with E-state index < -0.39 is 5.82 Å². The van der Waals surface area contributed by atoms with Crippen molar-refractivity contribution in [1.29, 1.82) is 0 Å². The second-order valence-corrected chi connectivity index (χ2v) is 8.38. The predicted octanol–water partition coefficient (Wildman–Crippen LogP) is 4.19. The number of rotatable bonds is 8. The van der Waals surface area contributed by atoms with Crippen molar-refractivity contribution in [3.63, 3.8) is 0 Å². The number of phenols is 2. The lowest BCUT2D eigenvalue weighted by Crippen LogP contribution is -2.37. The van der Waals surface area contributed by atoms with Crippen molar-refractivity contribution in [2.24, 2.45) is 5.10 Å². The summed E-state index contributed by atoms with van der Waals surface area (Å²) in [6.45, 7) is 2.16. The fourth-order valence-electron chi connectivity index (χ4n) is 3.80. The second kappa shape index (κ2) is 11.4. The Morgan fingerprint density at radius 1 is 0.868 bits per heavy atom. The predicted molar refractivity (Wildman–Crippen MR) is 143 cm³/mol. The summed E-state index contributed by atoms with van der Waals surface area (Å²) in [5, 5.41) is 29.9. The lowest BCUT2D eigenvalue weighted by atomic mass is 10.2. The van der Waals surface area contributed by atoms with E-state index in [-0.39, 0.29) is 23.3 Å². The van der Waals surface area contributed by atoms with E-state index in [1.165, 1.54) is 24.4 Å². The van der Waals surface area contributed by atoms with E-state index in [1.807, 2.05) is 35.2 Å². The zero-order chi connectivity index (χ0) is 26.3. The summed E-state index contributed by atoms with van der Waals surface area (Å²) in [7, 11) is 0. The molecule has 0 radical (unpaired) electrons. The van der Waals surface area contributed by atoms with Crippen LogP contribution in [0.1, 0.15) is 5.69 Å². The van der Waals surface area contributed by atoms with Crippen LogP contribution < -0.4 is 21.0 Å². The molecule has 4 aromatic rings. The number of morpholine rings is 1. The summed E-state index contributed by atoms with van der Waals surface area (Å²) in [6, 6.07) is 15.5. The van der Waals surface area contributed by atoms with E-state index in [1.54, 1.807) is 12.3 Å². The van der Waals surface area contributed by atoms with Crippen LogP contribution in [0.3, 0.4) is 0 Å². The minimum atomic E-state index is -0.494. The van der Waals surface area contributed by atoms with Crippen LogP contribution in [0.5, 0.6) is 11.5 Å². The number of hydrogen-bond donors (Lipinski definition) is 5. The number of nitrogens with zero attached hydrogens (tertiary/aromatic N) is 5. The maximum Gasteiger partial charge on any atom is 0.245 e. The molecule has 0 unspecified atom stereocenters. The van der Waals surface area contributed by atoms with Crippen LogP contribution in [0.2, 0.25) is 0 Å². The van der Waals surface area contributed by atoms with E-state index in [9.17, 15) is 14.6 Å². The largest absolute Gasteiger partial charge is 0.508 e. The fraction of sp³-hybridized carbons (Fsp3) is 0.154. The molecule has 0 aliphatic carbocycles. The topological polar surface area (TPSA) is 140 Å². The van der Waals surface area contributed by atoms with Gasteiger partial charge in [-0.05, 0) is 30.3 Å². The number of nitrogens with one attached hydrogen (secondary N) is 3. The molecule has 1 fully saturated rings. The second-order valence-electron chi connectivity index (χ2n) is 8.38. The molecule has 0 bridgehead atoms. The van der Waals surface area contributed by atoms with Crippen LogP contribution in [0, 0.1) is 5.82 Å². The van der Waals surface area contributed by atoms with E-state index in [4.69, 9.17) is 4.74 Å². The highest BCUT2D eigenvalue weighted by atomic mass is 19.1. The van der Waals surface area contributed by atoms with Gasteiger partial charge in [-0.25, -0.2) is 14.8 Å². The van der Waals surface area contributed by atoms with Crippen LogP contribution in [-0.2, 0) is 4.74 Å². The van der Waals surface area contributed by atoms with Gasteiger partial charge in [0.05, 0.1) is 43.2 Å². The molecule has 2 aromatic carbocycles. The third kappa shape index (κ3) is 6.42. The normalized spacial score (nSPS) is 13.4. The first-order chi connectivity index (χ1) is 18.5. The summed E-state index contributed by atoms with van der Waals surface area (Å²) in [4.78, 5) is 14.4. The molecule has 0 saturated carbocycles. The van der Waals surface area contributed by atoms with Gasteiger partial charge in [0.2, 0.25) is 5.95 Å². The first-order valence-corrected chi connectivity index (χ1v) is 11.8. The highest BCUT2D eigenvalue weighted by molar-refractivity contribution is 5.78. The lowest BCUT2D eigenvalue weighted by molar-refractivity contribution is 0.122. The third-order valence-electron chi connectivity index (χ3n) is 5.53. The van der Waals surface area contributed by atoms with Crippen molar-refractivity contribution in [3.05, 3.63) is 78.5 Å². The Bertz CT molecular complexity index is 1410. The molecule has 5 rings (SSSR count). The van der Waals surface area contributed by atoms with Gasteiger partial charge in [0, 0.05) is 48.4 Å². The molecule has 1 aliphatic rings. The Balaban J connectivity index is 1.18. The molecular weight excluding hydrogens is 491 g/mol. The van der Waals surface area contributed by atoms with Crippen LogP contribution in [0.15, 0.2) is 72.1 Å². The minimum absolute atomic E-state index is 0.0328. The van der Waals surface area contributed by atoms with Gasteiger partial charge >= 0.3 is 0 Å². The highest BCUT2D eigenvalue weighted by Crippen LogP contribution is 2.28. The number of aromatic nitrogens is 3. The molecule has 2 aromatic heterocycles. The van der Waals surface area contributed by atoms with Crippen LogP contribution in [-0.4, -0.2) is 57.7 Å². The smallest absolute Gasteiger partial charge is 0.245 e. The van der Waals surface area contributed by atoms with Gasteiger partial charge in [-0.2, -0.15) is 10.1 Å². The molecule has 11 nitrogen and oxygen atoms in total. The Morgan fingerprint density at radius 3 is 2.32 bits per heavy atom. The first-order valence-electron chi connectivity index (χ1n) is 11.8. The first kappa shape index (κ1) is 24.7. The molecule has 12 heteroatoms. The third-order valence-corrected chi connectivity index (χ3v) is 5.53. The highest BCUT2D eigenvalue weighted by Gasteiger charge is 2.17. The number of anilines is 6. The van der Waals surface area contributed by atoms with Gasteiger partial charge in [0.1, 0.15) is 11.5 Å². The van der Waals surface area contributed by atoms with E-state index in [0.29, 0.717) is 37.7 Å². The molecule has 38 heavy (non-hydrogen) atoms. The fourth-order valence-corrected chi connectivity index (χ4v) is 3.80. The van der Waals surface area contributed by atoms with Gasteiger partial charge in [0.25, 0.3) is 0 Å². The molecule has 1 aliphatic heterocycles. The molecular formula is C26H25FN8O3. The van der Waals surface area contributed by atoms with Crippen LogP contribution in [0.4, 0.5) is 38.9 Å². The molecule has 0 amide bonds. The lowest BCUT2D eigenvalue weighted by Gasteiger charge is -2.27. The average molecular weight is 517 g/mol. The van der Waals surface area contributed by atoms with Crippen molar-refractivity contribution >= 4 is 40.7 Å². The molecule has 0 spiro atoms. The summed E-state index contributed by atoms with van der Waals surface area (Å²) < 4.78 is 19.5. The zero-order valence-corrected chi connectivity index (χ0v) is 20.2.